The van der Waals surface area contributed by atoms with Crippen LogP contribution < -0.4 is 0 Å². The normalized spacial score (nSPS) is 14.3. The van der Waals surface area contributed by atoms with E-state index in [-0.39, 0.29) is 11.5 Å². The molecule has 12 heavy (non-hydrogen) atoms. The minimum atomic E-state index is -0.235. The number of aliphatic hydroxyl groups excluding tert-OH is 1. The van der Waals surface area contributed by atoms with E-state index in [1.807, 2.05) is 19.9 Å². The Bertz CT molecular complexity index is 127. The molecule has 0 bridgehead atoms. The van der Waals surface area contributed by atoms with Crippen molar-refractivity contribution >= 4 is 0 Å². The summed E-state index contributed by atoms with van der Waals surface area (Å²) < 4.78 is 0. The molecule has 0 aliphatic rings. The fourth-order valence-corrected chi connectivity index (χ4v) is 1.10. The number of rotatable bonds is 6. The summed E-state index contributed by atoms with van der Waals surface area (Å²) >= 11 is 0. The minimum absolute atomic E-state index is 0.131. The van der Waals surface area contributed by atoms with E-state index in [0.29, 0.717) is 0 Å². The van der Waals surface area contributed by atoms with Gasteiger partial charge in [0.1, 0.15) is 0 Å². The maximum atomic E-state index is 9.73. The van der Waals surface area contributed by atoms with Gasteiger partial charge in [0.2, 0.25) is 0 Å². The number of hydrogen-bond donors (Lipinski definition) is 1. The van der Waals surface area contributed by atoms with Crippen LogP contribution in [-0.4, -0.2) is 11.2 Å². The third-order valence-corrected chi connectivity index (χ3v) is 2.47. The molecule has 0 aliphatic carbocycles. The van der Waals surface area contributed by atoms with Gasteiger partial charge < -0.3 is 5.11 Å². The lowest BCUT2D eigenvalue weighted by molar-refractivity contribution is 0.0717. The zero-order valence-corrected chi connectivity index (χ0v) is 8.64. The van der Waals surface area contributed by atoms with Crippen molar-refractivity contribution < 1.29 is 5.11 Å². The molecule has 1 atom stereocenters. The predicted octanol–water partition coefficient (Wildman–Crippen LogP) is 3.14. The monoisotopic (exact) mass is 170 g/mol. The zero-order chi connectivity index (χ0) is 9.61. The molecule has 0 heterocycles. The van der Waals surface area contributed by atoms with E-state index in [1.165, 1.54) is 12.8 Å². The maximum Gasteiger partial charge on any atom is 0.0625 e. The molecule has 72 valence electrons. The van der Waals surface area contributed by atoms with E-state index >= 15 is 0 Å². The predicted molar refractivity (Wildman–Crippen MR) is 54.1 cm³/mol. The van der Waals surface area contributed by atoms with Gasteiger partial charge in [-0.15, -0.1) is 6.58 Å². The minimum Gasteiger partial charge on any atom is -0.392 e. The van der Waals surface area contributed by atoms with Gasteiger partial charge in [-0.3, -0.25) is 0 Å². The molecule has 0 rings (SSSR count). The molecular formula is C11H22O. The first kappa shape index (κ1) is 11.7. The van der Waals surface area contributed by atoms with Gasteiger partial charge in [0, 0.05) is 5.41 Å². The molecule has 0 fully saturated rings. The summed E-state index contributed by atoms with van der Waals surface area (Å²) in [6, 6.07) is 0. The number of aliphatic hydroxyl groups is 1. The van der Waals surface area contributed by atoms with E-state index in [1.54, 1.807) is 0 Å². The first-order valence-corrected chi connectivity index (χ1v) is 4.86. The highest BCUT2D eigenvalue weighted by molar-refractivity contribution is 4.92. The van der Waals surface area contributed by atoms with Crippen LogP contribution in [0.3, 0.4) is 0 Å². The highest BCUT2D eigenvalue weighted by atomic mass is 16.3. The highest BCUT2D eigenvalue weighted by Gasteiger charge is 2.23. The summed E-state index contributed by atoms with van der Waals surface area (Å²) in [7, 11) is 0. The van der Waals surface area contributed by atoms with Crippen molar-refractivity contribution in [2.24, 2.45) is 5.41 Å². The van der Waals surface area contributed by atoms with Crippen molar-refractivity contribution in [1.29, 1.82) is 0 Å². The van der Waals surface area contributed by atoms with Gasteiger partial charge in [0.05, 0.1) is 6.10 Å². The lowest BCUT2D eigenvalue weighted by Crippen LogP contribution is -2.26. The quantitative estimate of drug-likeness (QED) is 0.479. The second kappa shape index (κ2) is 5.36. The van der Waals surface area contributed by atoms with Crippen LogP contribution in [0.4, 0.5) is 0 Å². The van der Waals surface area contributed by atoms with Gasteiger partial charge in [0.25, 0.3) is 0 Å². The molecule has 0 aromatic carbocycles. The second-order valence-electron chi connectivity index (χ2n) is 4.04. The van der Waals surface area contributed by atoms with Crippen molar-refractivity contribution in [3.8, 4) is 0 Å². The SMILES string of the molecule is C=CC(C)(C)C(O)CCCCC. The molecule has 0 saturated carbocycles. The molecule has 1 N–H and O–H groups in total. The van der Waals surface area contributed by atoms with E-state index in [9.17, 15) is 5.11 Å². The fraction of sp³-hybridized carbons (Fsp3) is 0.818. The molecule has 0 aliphatic heterocycles. The maximum absolute atomic E-state index is 9.73. The van der Waals surface area contributed by atoms with Gasteiger partial charge in [-0.25, -0.2) is 0 Å². The van der Waals surface area contributed by atoms with Crippen LogP contribution in [0.5, 0.6) is 0 Å². The molecule has 1 nitrogen and oxygen atoms in total. The van der Waals surface area contributed by atoms with Crippen molar-refractivity contribution in [2.75, 3.05) is 0 Å². The standard InChI is InChI=1S/C11H22O/c1-5-7-8-9-10(12)11(3,4)6-2/h6,10,12H,2,5,7-9H2,1,3-4H3. The van der Waals surface area contributed by atoms with Crippen molar-refractivity contribution in [1.82, 2.24) is 0 Å². The summed E-state index contributed by atoms with van der Waals surface area (Å²) in [4.78, 5) is 0. The molecule has 0 saturated heterocycles. The van der Waals surface area contributed by atoms with E-state index in [2.05, 4.69) is 13.5 Å². The number of unbranched alkanes of at least 4 members (excludes halogenated alkanes) is 2. The van der Waals surface area contributed by atoms with Gasteiger partial charge in [-0.1, -0.05) is 46.1 Å². The van der Waals surface area contributed by atoms with Crippen LogP contribution in [0.25, 0.3) is 0 Å². The third-order valence-electron chi connectivity index (χ3n) is 2.47. The molecule has 1 heteroatoms. The van der Waals surface area contributed by atoms with Gasteiger partial charge in [-0.05, 0) is 6.42 Å². The second-order valence-corrected chi connectivity index (χ2v) is 4.04. The summed E-state index contributed by atoms with van der Waals surface area (Å²) in [5.41, 5.74) is -0.131. The summed E-state index contributed by atoms with van der Waals surface area (Å²) in [5.74, 6) is 0. The average molecular weight is 170 g/mol. The van der Waals surface area contributed by atoms with Crippen molar-refractivity contribution in [3.63, 3.8) is 0 Å². The van der Waals surface area contributed by atoms with Gasteiger partial charge >= 0.3 is 0 Å². The Balaban J connectivity index is 3.70. The Hall–Kier alpha value is -0.300. The smallest absolute Gasteiger partial charge is 0.0625 e. The Kier molecular flexibility index (Phi) is 5.23. The van der Waals surface area contributed by atoms with Crippen LogP contribution in [-0.2, 0) is 0 Å². The molecule has 0 aromatic heterocycles. The first-order valence-electron chi connectivity index (χ1n) is 4.86. The fourth-order valence-electron chi connectivity index (χ4n) is 1.10. The zero-order valence-electron chi connectivity index (χ0n) is 8.64. The first-order chi connectivity index (χ1) is 5.54. The van der Waals surface area contributed by atoms with Crippen LogP contribution in [0.15, 0.2) is 12.7 Å². The highest BCUT2D eigenvalue weighted by Crippen LogP contribution is 2.25. The molecule has 1 unspecified atom stereocenters. The van der Waals surface area contributed by atoms with E-state index in [0.717, 1.165) is 12.8 Å². The van der Waals surface area contributed by atoms with Gasteiger partial charge in [-0.2, -0.15) is 0 Å². The van der Waals surface area contributed by atoms with E-state index in [4.69, 9.17) is 0 Å². The Morgan fingerprint density at radius 1 is 1.42 bits per heavy atom. The number of hydrogen-bond acceptors (Lipinski definition) is 1. The molecule has 0 amide bonds. The Morgan fingerprint density at radius 3 is 2.42 bits per heavy atom. The topological polar surface area (TPSA) is 20.2 Å². The average Bonchev–Trinajstić information content (AvgIpc) is 2.05. The Morgan fingerprint density at radius 2 is 2.00 bits per heavy atom. The lowest BCUT2D eigenvalue weighted by Gasteiger charge is -2.26. The molecule has 0 aromatic rings. The summed E-state index contributed by atoms with van der Waals surface area (Å²) in [5, 5.41) is 9.73. The van der Waals surface area contributed by atoms with Crippen LogP contribution in [0, 0.1) is 5.41 Å². The van der Waals surface area contributed by atoms with Crippen molar-refractivity contribution in [3.05, 3.63) is 12.7 Å². The van der Waals surface area contributed by atoms with Crippen molar-refractivity contribution in [2.45, 2.75) is 52.6 Å². The largest absolute Gasteiger partial charge is 0.392 e. The Labute approximate surface area is 76.5 Å². The van der Waals surface area contributed by atoms with Crippen LogP contribution in [0.2, 0.25) is 0 Å². The third kappa shape index (κ3) is 3.91. The molecule has 0 radical (unpaired) electrons. The van der Waals surface area contributed by atoms with E-state index < -0.39 is 0 Å². The van der Waals surface area contributed by atoms with Crippen LogP contribution in [0.1, 0.15) is 46.5 Å². The van der Waals surface area contributed by atoms with Crippen LogP contribution >= 0.6 is 0 Å². The lowest BCUT2D eigenvalue weighted by atomic mass is 9.84. The summed E-state index contributed by atoms with van der Waals surface area (Å²) in [6.45, 7) is 9.94. The summed E-state index contributed by atoms with van der Waals surface area (Å²) in [6.07, 6.45) is 6.04. The molecule has 0 spiro atoms. The van der Waals surface area contributed by atoms with Gasteiger partial charge in [0.15, 0.2) is 0 Å². The molecular weight excluding hydrogens is 148 g/mol.